The van der Waals surface area contributed by atoms with E-state index in [1.54, 1.807) is 41.6 Å². The fourth-order valence-corrected chi connectivity index (χ4v) is 6.82. The molecule has 0 aliphatic heterocycles. The number of hydrogen-bond acceptors (Lipinski definition) is 5. The zero-order valence-electron chi connectivity index (χ0n) is 22.2. The van der Waals surface area contributed by atoms with Crippen molar-refractivity contribution in [2.24, 2.45) is 29.1 Å². The SMILES string of the molecule is CC(C(=O)N(C)Cc1cccnc1)C1CCC2(C)CCC(NC(=O)c3ccc(C#N)cc3)C(C)C2C1O. The third-order valence-corrected chi connectivity index (χ3v) is 9.03. The maximum absolute atomic E-state index is 13.3. The van der Waals surface area contributed by atoms with Gasteiger partial charge < -0.3 is 15.3 Å². The topological polar surface area (TPSA) is 106 Å². The van der Waals surface area contributed by atoms with Gasteiger partial charge in [0.2, 0.25) is 5.91 Å². The van der Waals surface area contributed by atoms with Gasteiger partial charge in [0.05, 0.1) is 17.7 Å². The van der Waals surface area contributed by atoms with Gasteiger partial charge in [-0.3, -0.25) is 14.6 Å². The van der Waals surface area contributed by atoms with Crippen LogP contribution in [-0.2, 0) is 11.3 Å². The van der Waals surface area contributed by atoms with Crippen molar-refractivity contribution in [3.8, 4) is 6.07 Å². The molecule has 7 heteroatoms. The van der Waals surface area contributed by atoms with Gasteiger partial charge in [-0.2, -0.15) is 5.26 Å². The molecule has 4 rings (SSSR count). The predicted molar refractivity (Wildman–Crippen MR) is 141 cm³/mol. The fraction of sp³-hybridized carbons (Fsp3) is 0.533. The highest BCUT2D eigenvalue weighted by molar-refractivity contribution is 5.94. The number of carbonyl (C=O) groups is 2. The van der Waals surface area contributed by atoms with E-state index in [0.29, 0.717) is 17.7 Å². The number of amides is 2. The summed E-state index contributed by atoms with van der Waals surface area (Å²) in [5.74, 6) is -0.503. The molecule has 37 heavy (non-hydrogen) atoms. The summed E-state index contributed by atoms with van der Waals surface area (Å²) in [6, 6.07) is 12.5. The van der Waals surface area contributed by atoms with Gasteiger partial charge in [0.15, 0.2) is 0 Å². The lowest BCUT2D eigenvalue weighted by molar-refractivity contribution is -0.149. The Morgan fingerprint density at radius 1 is 1.24 bits per heavy atom. The predicted octanol–water partition coefficient (Wildman–Crippen LogP) is 4.17. The second-order valence-corrected chi connectivity index (χ2v) is 11.4. The van der Waals surface area contributed by atoms with Crippen LogP contribution in [-0.4, -0.2) is 46.0 Å². The molecule has 196 valence electrons. The molecule has 1 aromatic carbocycles. The largest absolute Gasteiger partial charge is 0.392 e. The van der Waals surface area contributed by atoms with Gasteiger partial charge in [0.1, 0.15) is 0 Å². The van der Waals surface area contributed by atoms with Crippen LogP contribution in [0.5, 0.6) is 0 Å². The molecule has 7 nitrogen and oxygen atoms in total. The first kappa shape index (κ1) is 26.8. The summed E-state index contributed by atoms with van der Waals surface area (Å²) in [6.07, 6.45) is 6.43. The lowest BCUT2D eigenvalue weighted by atomic mass is 9.51. The van der Waals surface area contributed by atoms with Crippen LogP contribution in [0.1, 0.15) is 67.9 Å². The summed E-state index contributed by atoms with van der Waals surface area (Å²) in [5.41, 5.74) is 2.00. The number of nitrogens with one attached hydrogen (secondary N) is 1. The van der Waals surface area contributed by atoms with Gasteiger partial charge in [-0.05, 0) is 84.7 Å². The first-order valence-corrected chi connectivity index (χ1v) is 13.3. The van der Waals surface area contributed by atoms with E-state index in [1.807, 2.05) is 26.1 Å². The van der Waals surface area contributed by atoms with E-state index in [9.17, 15) is 14.7 Å². The molecule has 0 saturated heterocycles. The molecule has 7 unspecified atom stereocenters. The van der Waals surface area contributed by atoms with Crippen molar-refractivity contribution in [3.05, 3.63) is 65.5 Å². The number of rotatable bonds is 6. The van der Waals surface area contributed by atoms with E-state index in [0.717, 1.165) is 31.2 Å². The highest BCUT2D eigenvalue weighted by atomic mass is 16.3. The lowest BCUT2D eigenvalue weighted by Crippen LogP contribution is -2.58. The highest BCUT2D eigenvalue weighted by Gasteiger charge is 2.54. The third kappa shape index (κ3) is 5.55. The Morgan fingerprint density at radius 2 is 1.95 bits per heavy atom. The van der Waals surface area contributed by atoms with Crippen LogP contribution in [0.4, 0.5) is 0 Å². The van der Waals surface area contributed by atoms with E-state index in [-0.39, 0.29) is 46.9 Å². The normalized spacial score (nSPS) is 29.9. The molecular formula is C30H38N4O3. The number of hydrogen-bond donors (Lipinski definition) is 2. The average Bonchev–Trinajstić information content (AvgIpc) is 2.90. The number of aromatic nitrogens is 1. The monoisotopic (exact) mass is 502 g/mol. The van der Waals surface area contributed by atoms with E-state index in [2.05, 4.69) is 30.2 Å². The number of pyridine rings is 1. The number of fused-ring (bicyclic) bond motifs is 1. The molecule has 2 aliphatic rings. The molecule has 1 heterocycles. The number of aliphatic hydroxyl groups is 1. The minimum atomic E-state index is -0.617. The van der Waals surface area contributed by atoms with Crippen LogP contribution in [0.15, 0.2) is 48.8 Å². The van der Waals surface area contributed by atoms with E-state index in [1.165, 1.54) is 0 Å². The quantitative estimate of drug-likeness (QED) is 0.617. The molecule has 2 aromatic rings. The van der Waals surface area contributed by atoms with E-state index in [4.69, 9.17) is 5.26 Å². The Labute approximate surface area is 219 Å². The van der Waals surface area contributed by atoms with Crippen LogP contribution in [0.3, 0.4) is 0 Å². The Kier molecular flexibility index (Phi) is 7.99. The molecule has 2 saturated carbocycles. The number of nitriles is 1. The zero-order chi connectivity index (χ0) is 26.7. The Hall–Kier alpha value is -3.24. The molecule has 7 atom stereocenters. The van der Waals surface area contributed by atoms with Gasteiger partial charge in [-0.1, -0.05) is 26.8 Å². The molecular weight excluding hydrogens is 464 g/mol. The molecule has 0 spiro atoms. The van der Waals surface area contributed by atoms with Gasteiger partial charge >= 0.3 is 0 Å². The molecule has 2 N–H and O–H groups in total. The summed E-state index contributed by atoms with van der Waals surface area (Å²) in [4.78, 5) is 32.2. The summed E-state index contributed by atoms with van der Waals surface area (Å²) in [7, 11) is 1.81. The van der Waals surface area contributed by atoms with Gasteiger partial charge in [-0.15, -0.1) is 0 Å². The minimum Gasteiger partial charge on any atom is -0.392 e. The highest BCUT2D eigenvalue weighted by Crippen LogP contribution is 2.55. The number of carbonyl (C=O) groups excluding carboxylic acids is 2. The van der Waals surface area contributed by atoms with E-state index < -0.39 is 6.10 Å². The zero-order valence-corrected chi connectivity index (χ0v) is 22.2. The smallest absolute Gasteiger partial charge is 0.251 e. The maximum atomic E-state index is 13.3. The molecule has 0 radical (unpaired) electrons. The molecule has 2 fully saturated rings. The van der Waals surface area contributed by atoms with Crippen molar-refractivity contribution in [3.63, 3.8) is 0 Å². The Morgan fingerprint density at radius 3 is 2.59 bits per heavy atom. The Balaban J connectivity index is 1.44. The number of nitrogens with zero attached hydrogens (tertiary/aromatic N) is 3. The van der Waals surface area contributed by atoms with Gasteiger partial charge in [-0.25, -0.2) is 0 Å². The van der Waals surface area contributed by atoms with Crippen LogP contribution in [0.25, 0.3) is 0 Å². The van der Waals surface area contributed by atoms with Gasteiger partial charge in [0.25, 0.3) is 5.91 Å². The van der Waals surface area contributed by atoms with Gasteiger partial charge in [0, 0.05) is 43.5 Å². The third-order valence-electron chi connectivity index (χ3n) is 9.03. The van der Waals surface area contributed by atoms with Crippen LogP contribution >= 0.6 is 0 Å². The summed E-state index contributed by atoms with van der Waals surface area (Å²) in [5, 5.41) is 23.9. The van der Waals surface area contributed by atoms with Crippen LogP contribution in [0.2, 0.25) is 0 Å². The van der Waals surface area contributed by atoms with Crippen LogP contribution in [0, 0.1) is 40.4 Å². The summed E-state index contributed by atoms with van der Waals surface area (Å²) in [6.45, 7) is 6.81. The lowest BCUT2D eigenvalue weighted by Gasteiger charge is -2.56. The van der Waals surface area contributed by atoms with Crippen molar-refractivity contribution < 1.29 is 14.7 Å². The van der Waals surface area contributed by atoms with Crippen molar-refractivity contribution in [2.75, 3.05) is 7.05 Å². The summed E-state index contributed by atoms with van der Waals surface area (Å²) < 4.78 is 0. The van der Waals surface area contributed by atoms with Crippen molar-refractivity contribution >= 4 is 11.8 Å². The van der Waals surface area contributed by atoms with Crippen molar-refractivity contribution in [2.45, 2.75) is 65.1 Å². The second-order valence-electron chi connectivity index (χ2n) is 11.4. The second kappa shape index (κ2) is 11.0. The summed E-state index contributed by atoms with van der Waals surface area (Å²) >= 11 is 0. The molecule has 1 aromatic heterocycles. The van der Waals surface area contributed by atoms with Crippen LogP contribution < -0.4 is 5.32 Å². The molecule has 0 bridgehead atoms. The van der Waals surface area contributed by atoms with Crippen molar-refractivity contribution in [1.82, 2.24) is 15.2 Å². The Bertz CT molecular complexity index is 1150. The van der Waals surface area contributed by atoms with Crippen molar-refractivity contribution in [1.29, 1.82) is 5.26 Å². The number of aliphatic hydroxyl groups excluding tert-OH is 1. The molecule has 2 amide bonds. The average molecular weight is 503 g/mol. The number of benzene rings is 1. The molecule has 2 aliphatic carbocycles. The minimum absolute atomic E-state index is 0.00913. The van der Waals surface area contributed by atoms with E-state index >= 15 is 0 Å². The maximum Gasteiger partial charge on any atom is 0.251 e. The first-order chi connectivity index (χ1) is 17.6. The fourth-order valence-electron chi connectivity index (χ4n) is 6.82. The first-order valence-electron chi connectivity index (χ1n) is 13.3. The standard InChI is InChI=1S/C30H38N4O3/c1-19(29(37)34(4)18-22-6-5-15-32-17-22)24-11-13-30(3)14-12-25(20(2)26(30)27(24)35)33-28(36)23-9-7-21(16-31)8-10-23/h5-10,15,17,19-20,24-27,35H,11-14,18H2,1-4H3,(H,33,36).